The third-order valence-corrected chi connectivity index (χ3v) is 10.5. The maximum Gasteiger partial charge on any atom is 0.414 e. The van der Waals surface area contributed by atoms with Gasteiger partial charge in [0.05, 0.1) is 24.2 Å². The van der Waals surface area contributed by atoms with Gasteiger partial charge in [-0.2, -0.15) is 0 Å². The lowest BCUT2D eigenvalue weighted by molar-refractivity contribution is -0.916. The van der Waals surface area contributed by atoms with Crippen LogP contribution in [0.1, 0.15) is 71.3 Å². The lowest BCUT2D eigenvalue weighted by atomic mass is 9.47. The second kappa shape index (κ2) is 7.95. The van der Waals surface area contributed by atoms with Crippen molar-refractivity contribution in [2.24, 2.45) is 28.9 Å². The van der Waals surface area contributed by atoms with E-state index >= 15 is 0 Å². The van der Waals surface area contributed by atoms with Crippen LogP contribution in [0.3, 0.4) is 0 Å². The molecule has 3 unspecified atom stereocenters. The fourth-order valence-electron chi connectivity index (χ4n) is 9.31. The Balaban J connectivity index is 1.29. The summed E-state index contributed by atoms with van der Waals surface area (Å²) in [6, 6.07) is 7.95. The Labute approximate surface area is 218 Å². The van der Waals surface area contributed by atoms with E-state index in [1.54, 1.807) is 4.90 Å². The number of fused-ring (bicyclic) bond motifs is 2. The number of anilines is 1. The number of piperidine rings is 1. The molecule has 5 fully saturated rings. The van der Waals surface area contributed by atoms with E-state index in [1.165, 1.54) is 0 Å². The van der Waals surface area contributed by atoms with E-state index < -0.39 is 17.1 Å². The number of likely N-dealkylation sites (tertiary alicyclic amines) is 1. The summed E-state index contributed by atoms with van der Waals surface area (Å²) >= 11 is 0. The lowest BCUT2D eigenvalue weighted by Crippen LogP contribution is -2.75. The molecule has 5 atom stereocenters. The highest BCUT2D eigenvalue weighted by atomic mass is 16.6. The molecule has 37 heavy (non-hydrogen) atoms. The van der Waals surface area contributed by atoms with Crippen LogP contribution in [0.5, 0.6) is 0 Å². The molecule has 8 heteroatoms. The Bertz CT molecular complexity index is 1130. The van der Waals surface area contributed by atoms with Crippen molar-refractivity contribution >= 4 is 23.8 Å². The van der Waals surface area contributed by atoms with Crippen LogP contribution in [0.25, 0.3) is 0 Å². The van der Waals surface area contributed by atoms with Crippen LogP contribution in [-0.4, -0.2) is 53.9 Å². The summed E-state index contributed by atoms with van der Waals surface area (Å²) in [5.41, 5.74) is 6.52. The minimum absolute atomic E-state index is 0.0206. The normalized spacial score (nSPS) is 40.0. The highest BCUT2D eigenvalue weighted by molar-refractivity contribution is 5.91. The molecule has 4 saturated carbocycles. The third kappa shape index (κ3) is 3.62. The summed E-state index contributed by atoms with van der Waals surface area (Å²) in [6.45, 7) is 7.04. The predicted molar refractivity (Wildman–Crippen MR) is 135 cm³/mol. The van der Waals surface area contributed by atoms with Gasteiger partial charge in [0.2, 0.25) is 5.91 Å². The van der Waals surface area contributed by atoms with Gasteiger partial charge in [-0.15, -0.1) is 0 Å². The van der Waals surface area contributed by atoms with Crippen LogP contribution >= 0.6 is 0 Å². The number of nitrogens with two attached hydrogens (primary N) is 1. The van der Waals surface area contributed by atoms with E-state index in [0.29, 0.717) is 51.2 Å². The minimum atomic E-state index is -0.990. The van der Waals surface area contributed by atoms with Crippen molar-refractivity contribution in [3.05, 3.63) is 29.8 Å². The van der Waals surface area contributed by atoms with E-state index in [0.717, 1.165) is 30.5 Å². The van der Waals surface area contributed by atoms with Crippen LogP contribution < -0.4 is 15.7 Å². The first kappa shape index (κ1) is 24.7. The van der Waals surface area contributed by atoms with Gasteiger partial charge in [0, 0.05) is 36.6 Å². The first-order valence-corrected chi connectivity index (χ1v) is 13.9. The van der Waals surface area contributed by atoms with Gasteiger partial charge in [0.15, 0.2) is 0 Å². The van der Waals surface area contributed by atoms with Gasteiger partial charge in [-0.1, -0.05) is 18.2 Å². The van der Waals surface area contributed by atoms with Gasteiger partial charge < -0.3 is 20.4 Å². The number of carboxylic acid groups (broad SMARTS) is 1. The van der Waals surface area contributed by atoms with Crippen LogP contribution in [0.4, 0.5) is 15.3 Å². The monoisotopic (exact) mass is 509 g/mol. The Morgan fingerprint density at radius 3 is 2.24 bits per heavy atom. The molecule has 3 amide bonds. The summed E-state index contributed by atoms with van der Waals surface area (Å²) in [5, 5.41) is 13.0. The number of ether oxygens (including phenoxy) is 1. The van der Waals surface area contributed by atoms with Crippen molar-refractivity contribution in [2.45, 2.75) is 82.8 Å². The second-order valence-electron chi connectivity index (χ2n) is 13.7. The number of carbonyl (C=O) groups excluding carboxylic acids is 3. The Kier molecular flexibility index (Phi) is 5.31. The van der Waals surface area contributed by atoms with Crippen LogP contribution in [0.2, 0.25) is 0 Å². The zero-order valence-corrected chi connectivity index (χ0v) is 22.2. The van der Waals surface area contributed by atoms with Gasteiger partial charge in [-0.05, 0) is 70.4 Å². The summed E-state index contributed by atoms with van der Waals surface area (Å²) in [6.07, 6.45) is 4.26. The number of rotatable bonds is 2. The molecule has 8 nitrogen and oxygen atoms in total. The lowest BCUT2D eigenvalue weighted by Gasteiger charge is -2.64. The number of nitrogens with zero attached hydrogens (tertiary/aromatic N) is 2. The number of hydrogen-bond donors (Lipinski definition) is 1. The van der Waals surface area contributed by atoms with E-state index in [2.05, 4.69) is 6.07 Å². The molecule has 1 aromatic rings. The molecule has 2 N–H and O–H groups in total. The topological polar surface area (TPSA) is 113 Å². The largest absolute Gasteiger partial charge is 0.498 e. The van der Waals surface area contributed by atoms with Gasteiger partial charge >= 0.3 is 6.09 Å². The molecule has 200 valence electrons. The molecule has 6 aliphatic rings. The molecule has 1 spiro atoms. The molecule has 0 radical (unpaired) electrons. The van der Waals surface area contributed by atoms with E-state index in [4.69, 9.17) is 10.5 Å². The van der Waals surface area contributed by atoms with Gasteiger partial charge in [-0.25, -0.2) is 4.79 Å². The van der Waals surface area contributed by atoms with Gasteiger partial charge in [0.25, 0.3) is 6.09 Å². The molecular weight excluding hydrogens is 470 g/mol. The first-order chi connectivity index (χ1) is 17.4. The number of hydrogen-bond acceptors (Lipinski definition) is 5. The third-order valence-electron chi connectivity index (χ3n) is 10.5. The molecule has 0 aromatic heterocycles. The van der Waals surface area contributed by atoms with Crippen molar-refractivity contribution in [2.75, 3.05) is 24.5 Å². The fourth-order valence-corrected chi connectivity index (χ4v) is 9.31. The van der Waals surface area contributed by atoms with Crippen molar-refractivity contribution < 1.29 is 28.7 Å². The first-order valence-electron chi connectivity index (χ1n) is 13.9. The van der Waals surface area contributed by atoms with Gasteiger partial charge in [0.1, 0.15) is 11.6 Å². The zero-order chi connectivity index (χ0) is 26.4. The van der Waals surface area contributed by atoms with Crippen molar-refractivity contribution in [3.8, 4) is 0 Å². The average Bonchev–Trinajstić information content (AvgIpc) is 3.13. The number of benzene rings is 1. The molecule has 4 bridgehead atoms. The summed E-state index contributed by atoms with van der Waals surface area (Å²) in [4.78, 5) is 40.3. The zero-order valence-electron chi connectivity index (χ0n) is 22.2. The van der Waals surface area contributed by atoms with Crippen molar-refractivity contribution in [1.29, 1.82) is 0 Å². The SMILES string of the molecule is CC(C)(C)OC(=O)N1CC2(CC[N+](C(=O)[O-])(C3C4CC5C[C@H]3C[C@@](C(N)=O)(C5)C4)CC2)c2ccccc21. The van der Waals surface area contributed by atoms with Crippen molar-refractivity contribution in [3.63, 3.8) is 0 Å². The predicted octanol–water partition coefficient (Wildman–Crippen LogP) is 3.31. The maximum absolute atomic E-state index is 13.1. The van der Waals surface area contributed by atoms with Crippen LogP contribution in [0, 0.1) is 23.2 Å². The number of para-hydroxylation sites is 1. The van der Waals surface area contributed by atoms with E-state index in [-0.39, 0.29) is 39.8 Å². The van der Waals surface area contributed by atoms with Crippen LogP contribution in [0.15, 0.2) is 24.3 Å². The highest BCUT2D eigenvalue weighted by Crippen LogP contribution is 2.63. The standard InChI is InChI=1S/C29H39N3O5/c1-27(2,3)37-25(34)31-17-28(21-6-4-5-7-22(21)31)8-10-32(11-9-28,26(35)36)23-19-12-18-13-20(23)16-29(14-18,15-19)24(30)33/h4-7,18-20,23H,8-17H2,1-3H3,(H2-,30,33,35,36)/t18?,19-,20?,23?,28?,29-,32?/m0/s1. The number of carbonyl (C=O) groups is 3. The van der Waals surface area contributed by atoms with Crippen molar-refractivity contribution in [1.82, 2.24) is 0 Å². The Morgan fingerprint density at radius 1 is 1.05 bits per heavy atom. The number of primary amides is 1. The maximum atomic E-state index is 13.1. The summed E-state index contributed by atoms with van der Waals surface area (Å²) in [7, 11) is 0. The Morgan fingerprint density at radius 2 is 1.68 bits per heavy atom. The smallest absolute Gasteiger partial charge is 0.414 e. The highest BCUT2D eigenvalue weighted by Gasteiger charge is 2.65. The molecular formula is C29H39N3O5. The summed E-state index contributed by atoms with van der Waals surface area (Å²) < 4.78 is 5.70. The molecule has 1 aromatic carbocycles. The molecule has 2 heterocycles. The van der Waals surface area contributed by atoms with E-state index in [9.17, 15) is 19.5 Å². The molecule has 2 aliphatic heterocycles. The van der Waals surface area contributed by atoms with Crippen LogP contribution in [-0.2, 0) is 14.9 Å². The van der Waals surface area contributed by atoms with Gasteiger partial charge in [-0.3, -0.25) is 14.2 Å². The minimum Gasteiger partial charge on any atom is -0.498 e. The number of amides is 3. The van der Waals surface area contributed by atoms with E-state index in [1.807, 2.05) is 39.0 Å². The summed E-state index contributed by atoms with van der Waals surface area (Å²) in [5.74, 6) is 0.663. The fraction of sp³-hybridized carbons (Fsp3) is 0.690. The number of quaternary nitrogens is 1. The molecule has 7 rings (SSSR count). The quantitative estimate of drug-likeness (QED) is 0.615. The Hall–Kier alpha value is -2.61. The molecule has 4 aliphatic carbocycles. The second-order valence-corrected chi connectivity index (χ2v) is 13.7. The molecule has 1 saturated heterocycles. The average molecular weight is 510 g/mol.